The van der Waals surface area contributed by atoms with Gasteiger partial charge in [0.2, 0.25) is 0 Å². The number of rotatable bonds is 4. The molecule has 1 unspecified atom stereocenters. The molecule has 0 spiro atoms. The van der Waals surface area contributed by atoms with Crippen LogP contribution in [0, 0.1) is 18.8 Å². The molecule has 21 heavy (non-hydrogen) atoms. The van der Waals surface area contributed by atoms with E-state index in [2.05, 4.69) is 11.8 Å². The van der Waals surface area contributed by atoms with E-state index in [1.807, 2.05) is 13.0 Å². The van der Waals surface area contributed by atoms with Crippen molar-refractivity contribution in [1.29, 1.82) is 0 Å². The molecule has 4 heteroatoms. The maximum Gasteiger partial charge on any atom is 0.158 e. The summed E-state index contributed by atoms with van der Waals surface area (Å²) >= 11 is 0. The summed E-state index contributed by atoms with van der Waals surface area (Å²) in [7, 11) is 1.58. The van der Waals surface area contributed by atoms with Crippen LogP contribution < -0.4 is 4.74 Å². The van der Waals surface area contributed by atoms with Crippen molar-refractivity contribution in [1.82, 2.24) is 0 Å². The largest absolute Gasteiger partial charge is 0.496 e. The van der Waals surface area contributed by atoms with Crippen molar-refractivity contribution in [2.45, 2.75) is 32.5 Å². The van der Waals surface area contributed by atoms with Gasteiger partial charge in [0.15, 0.2) is 12.6 Å². The maximum atomic E-state index is 11.2. The van der Waals surface area contributed by atoms with E-state index in [1.54, 1.807) is 13.2 Å². The predicted molar refractivity (Wildman–Crippen MR) is 79.5 cm³/mol. The summed E-state index contributed by atoms with van der Waals surface area (Å²) in [6.07, 6.45) is 3.82. The molecule has 1 fully saturated rings. The van der Waals surface area contributed by atoms with E-state index in [-0.39, 0.29) is 6.29 Å². The van der Waals surface area contributed by atoms with Gasteiger partial charge in [0.25, 0.3) is 0 Å². The molecule has 1 saturated heterocycles. The molecule has 1 aliphatic rings. The van der Waals surface area contributed by atoms with Gasteiger partial charge in [0.05, 0.1) is 7.11 Å². The Balaban J connectivity index is 2.01. The number of methoxy groups -OCH3 is 1. The lowest BCUT2D eigenvalue weighted by Crippen LogP contribution is -2.22. The van der Waals surface area contributed by atoms with Crippen molar-refractivity contribution in [3.8, 4) is 17.6 Å². The second-order valence-electron chi connectivity index (χ2n) is 4.88. The first-order valence-corrected chi connectivity index (χ1v) is 7.11. The number of carbonyl (C=O) groups excluding carboxylic acids is 1. The minimum atomic E-state index is -0.142. The second-order valence-corrected chi connectivity index (χ2v) is 4.88. The van der Waals surface area contributed by atoms with Gasteiger partial charge in [-0.1, -0.05) is 11.8 Å². The Morgan fingerprint density at radius 2 is 2.29 bits per heavy atom. The quantitative estimate of drug-likeness (QED) is 0.631. The number of carbonyl (C=O) groups is 1. The summed E-state index contributed by atoms with van der Waals surface area (Å²) in [6, 6.07) is 3.61. The van der Waals surface area contributed by atoms with Gasteiger partial charge >= 0.3 is 0 Å². The lowest BCUT2D eigenvalue weighted by molar-refractivity contribution is -0.154. The summed E-state index contributed by atoms with van der Waals surface area (Å²) in [5.74, 6) is 6.60. The molecule has 0 aromatic heterocycles. The molecule has 2 rings (SSSR count). The second kappa shape index (κ2) is 7.82. The normalized spacial score (nSPS) is 17.7. The minimum absolute atomic E-state index is 0.142. The van der Waals surface area contributed by atoms with Crippen LogP contribution in [0.25, 0.3) is 0 Å². The molecule has 1 atom stereocenters. The summed E-state index contributed by atoms with van der Waals surface area (Å²) < 4.78 is 16.2. The molecule has 0 N–H and O–H groups in total. The molecule has 0 radical (unpaired) electrons. The van der Waals surface area contributed by atoms with Crippen LogP contribution in [-0.2, 0) is 9.47 Å². The molecule has 0 bridgehead atoms. The monoisotopic (exact) mass is 288 g/mol. The molecular formula is C17H20O4. The van der Waals surface area contributed by atoms with E-state index in [0.717, 1.165) is 37.7 Å². The number of hydrogen-bond donors (Lipinski definition) is 0. The lowest BCUT2D eigenvalue weighted by atomic mass is 10.0. The Morgan fingerprint density at radius 3 is 2.95 bits per heavy atom. The Hall–Kier alpha value is -1.83. The summed E-state index contributed by atoms with van der Waals surface area (Å²) in [5, 5.41) is 0. The van der Waals surface area contributed by atoms with Gasteiger partial charge in [-0.15, -0.1) is 0 Å². The first-order chi connectivity index (χ1) is 10.3. The fourth-order valence-electron chi connectivity index (χ4n) is 2.30. The minimum Gasteiger partial charge on any atom is -0.496 e. The molecular weight excluding hydrogens is 268 g/mol. The number of hydrogen-bond acceptors (Lipinski definition) is 4. The zero-order valence-corrected chi connectivity index (χ0v) is 12.5. The third-order valence-electron chi connectivity index (χ3n) is 3.51. The number of aldehydes is 1. The van der Waals surface area contributed by atoms with E-state index in [9.17, 15) is 4.79 Å². The van der Waals surface area contributed by atoms with Gasteiger partial charge in [-0.05, 0) is 38.3 Å². The highest BCUT2D eigenvalue weighted by atomic mass is 16.7. The van der Waals surface area contributed by atoms with Crippen LogP contribution in [0.15, 0.2) is 12.1 Å². The van der Waals surface area contributed by atoms with E-state index < -0.39 is 0 Å². The van der Waals surface area contributed by atoms with Gasteiger partial charge in [0.1, 0.15) is 12.4 Å². The standard InChI is InChI=1S/C17H20O4/c1-13-15(12-18)14(8-9-16(13)19-2)6-5-11-21-17-7-3-4-10-20-17/h8-9,12,17H,3-4,7,10-11H2,1-2H3. The van der Waals surface area contributed by atoms with Gasteiger partial charge < -0.3 is 14.2 Å². The fraction of sp³-hybridized carbons (Fsp3) is 0.471. The highest BCUT2D eigenvalue weighted by Crippen LogP contribution is 2.22. The van der Waals surface area contributed by atoms with Crippen LogP contribution in [0.4, 0.5) is 0 Å². The zero-order chi connectivity index (χ0) is 15.1. The Morgan fingerprint density at radius 1 is 1.43 bits per heavy atom. The van der Waals surface area contributed by atoms with Crippen LogP contribution in [0.1, 0.15) is 40.7 Å². The Bertz CT molecular complexity index is 548. The first-order valence-electron chi connectivity index (χ1n) is 7.11. The highest BCUT2D eigenvalue weighted by Gasteiger charge is 2.13. The van der Waals surface area contributed by atoms with E-state index in [4.69, 9.17) is 14.2 Å². The van der Waals surface area contributed by atoms with E-state index in [1.165, 1.54) is 0 Å². The summed E-state index contributed by atoms with van der Waals surface area (Å²) in [5.41, 5.74) is 2.06. The third-order valence-corrected chi connectivity index (χ3v) is 3.51. The average molecular weight is 288 g/mol. The first kappa shape index (κ1) is 15.6. The van der Waals surface area contributed by atoms with Gasteiger partial charge in [-0.2, -0.15) is 0 Å². The third kappa shape index (κ3) is 4.07. The van der Waals surface area contributed by atoms with Crippen molar-refractivity contribution in [2.24, 2.45) is 0 Å². The SMILES string of the molecule is COc1ccc(C#CCOC2CCCCO2)c(C=O)c1C. The van der Waals surface area contributed by atoms with Crippen molar-refractivity contribution in [2.75, 3.05) is 20.3 Å². The lowest BCUT2D eigenvalue weighted by Gasteiger charge is -2.21. The smallest absolute Gasteiger partial charge is 0.158 e. The fourth-order valence-corrected chi connectivity index (χ4v) is 2.30. The predicted octanol–water partition coefficient (Wildman–Crippen LogP) is 2.71. The zero-order valence-electron chi connectivity index (χ0n) is 12.5. The van der Waals surface area contributed by atoms with Crippen molar-refractivity contribution < 1.29 is 19.0 Å². The van der Waals surface area contributed by atoms with Crippen molar-refractivity contribution in [3.05, 3.63) is 28.8 Å². The van der Waals surface area contributed by atoms with Gasteiger partial charge in [0, 0.05) is 23.3 Å². The van der Waals surface area contributed by atoms with Crippen LogP contribution in [0.2, 0.25) is 0 Å². The van der Waals surface area contributed by atoms with Gasteiger partial charge in [-0.25, -0.2) is 0 Å². The molecule has 1 aliphatic heterocycles. The molecule has 0 saturated carbocycles. The molecule has 0 amide bonds. The average Bonchev–Trinajstić information content (AvgIpc) is 2.53. The molecule has 1 aromatic carbocycles. The number of benzene rings is 1. The highest BCUT2D eigenvalue weighted by molar-refractivity contribution is 5.83. The van der Waals surface area contributed by atoms with Crippen LogP contribution >= 0.6 is 0 Å². The van der Waals surface area contributed by atoms with Crippen LogP contribution in [0.5, 0.6) is 5.75 Å². The van der Waals surface area contributed by atoms with Crippen LogP contribution in [0.3, 0.4) is 0 Å². The van der Waals surface area contributed by atoms with Crippen molar-refractivity contribution in [3.63, 3.8) is 0 Å². The molecule has 1 aromatic rings. The van der Waals surface area contributed by atoms with Gasteiger partial charge in [-0.3, -0.25) is 4.79 Å². The molecule has 1 heterocycles. The van der Waals surface area contributed by atoms with E-state index >= 15 is 0 Å². The van der Waals surface area contributed by atoms with E-state index in [0.29, 0.717) is 23.5 Å². The Kier molecular flexibility index (Phi) is 5.79. The molecule has 4 nitrogen and oxygen atoms in total. The molecule has 112 valence electrons. The summed E-state index contributed by atoms with van der Waals surface area (Å²) in [6.45, 7) is 2.90. The Labute approximate surface area is 125 Å². The maximum absolute atomic E-state index is 11.2. The molecule has 0 aliphatic carbocycles. The topological polar surface area (TPSA) is 44.8 Å². The summed E-state index contributed by atoms with van der Waals surface area (Å²) in [4.78, 5) is 11.2. The number of ether oxygens (including phenoxy) is 3. The van der Waals surface area contributed by atoms with Crippen LogP contribution in [-0.4, -0.2) is 32.9 Å². The van der Waals surface area contributed by atoms with Crippen molar-refractivity contribution >= 4 is 6.29 Å².